The Bertz CT molecular complexity index is 691. The molecule has 1 heteroatoms. The minimum absolute atomic E-state index is 0.929. The van der Waals surface area contributed by atoms with Gasteiger partial charge in [0.05, 0.1) is 0 Å². The van der Waals surface area contributed by atoms with E-state index in [4.69, 9.17) is 0 Å². The molecule has 0 atom stereocenters. The van der Waals surface area contributed by atoms with Crippen molar-refractivity contribution in [2.45, 2.75) is 13.1 Å². The Hall–Kier alpha value is -2.64. The highest BCUT2D eigenvalue weighted by Gasteiger charge is 2.05. The summed E-state index contributed by atoms with van der Waals surface area (Å²) in [6.45, 7) is 2.84. The van der Waals surface area contributed by atoms with E-state index in [0.29, 0.717) is 0 Å². The quantitative estimate of drug-likeness (QED) is 0.564. The summed E-state index contributed by atoms with van der Waals surface area (Å²) in [5, 5.41) is 0. The second-order valence-corrected chi connectivity index (χ2v) is 5.95. The van der Waals surface area contributed by atoms with Crippen molar-refractivity contribution in [1.82, 2.24) is 4.90 Å². The summed E-state index contributed by atoms with van der Waals surface area (Å²) in [6.07, 6.45) is 4.45. The van der Waals surface area contributed by atoms with E-state index in [1.807, 2.05) is 0 Å². The fraction of sp³-hybridized carbons (Fsp3) is 0.130. The average molecular weight is 313 g/mol. The lowest BCUT2D eigenvalue weighted by Crippen LogP contribution is -2.22. The predicted octanol–water partition coefficient (Wildman–Crippen LogP) is 5.40. The van der Waals surface area contributed by atoms with Gasteiger partial charge in [0.1, 0.15) is 0 Å². The molecule has 0 aliphatic rings. The summed E-state index contributed by atoms with van der Waals surface area (Å²) in [5.74, 6) is 0. The molecule has 0 aromatic heterocycles. The third-order valence-electron chi connectivity index (χ3n) is 3.97. The lowest BCUT2D eigenvalue weighted by Gasteiger charge is -2.21. The van der Waals surface area contributed by atoms with Gasteiger partial charge in [0.2, 0.25) is 0 Å². The summed E-state index contributed by atoms with van der Waals surface area (Å²) < 4.78 is 0. The Morgan fingerprint density at radius 1 is 0.583 bits per heavy atom. The van der Waals surface area contributed by atoms with E-state index >= 15 is 0 Å². The summed E-state index contributed by atoms with van der Waals surface area (Å²) >= 11 is 0. The van der Waals surface area contributed by atoms with Crippen LogP contribution in [0.25, 0.3) is 6.08 Å². The maximum atomic E-state index is 2.46. The molecule has 0 unspecified atom stereocenters. The van der Waals surface area contributed by atoms with E-state index < -0.39 is 0 Å². The van der Waals surface area contributed by atoms with Crippen molar-refractivity contribution >= 4 is 6.08 Å². The minimum atomic E-state index is 0.929. The molecule has 0 aliphatic heterocycles. The zero-order chi connectivity index (χ0) is 16.5. The molecule has 0 spiro atoms. The standard InChI is InChI=1S/C23H23N/c1-4-11-21(12-5-1)17-10-18-24(19-22-13-6-2-7-14-22)20-23-15-8-3-9-16-23/h1-17H,18-20H2/b17-10+. The van der Waals surface area contributed by atoms with Crippen LogP contribution in [0, 0.1) is 0 Å². The molecule has 120 valence electrons. The van der Waals surface area contributed by atoms with E-state index in [9.17, 15) is 0 Å². The third kappa shape index (κ3) is 5.22. The molecule has 0 aliphatic carbocycles. The fourth-order valence-electron chi connectivity index (χ4n) is 2.77. The Kier molecular flexibility index (Phi) is 5.99. The predicted molar refractivity (Wildman–Crippen MR) is 102 cm³/mol. The molecule has 3 aromatic carbocycles. The largest absolute Gasteiger partial charge is 0.291 e. The second-order valence-electron chi connectivity index (χ2n) is 5.95. The van der Waals surface area contributed by atoms with E-state index in [1.165, 1.54) is 16.7 Å². The number of nitrogens with zero attached hydrogens (tertiary/aromatic N) is 1. The Morgan fingerprint density at radius 3 is 1.54 bits per heavy atom. The molecule has 1 nitrogen and oxygen atoms in total. The van der Waals surface area contributed by atoms with Crippen LogP contribution in [-0.4, -0.2) is 11.4 Å². The summed E-state index contributed by atoms with van der Waals surface area (Å²) in [5.41, 5.74) is 3.94. The smallest absolute Gasteiger partial charge is 0.0240 e. The minimum Gasteiger partial charge on any atom is -0.291 e. The molecular weight excluding hydrogens is 290 g/mol. The lowest BCUT2D eigenvalue weighted by molar-refractivity contribution is 0.286. The van der Waals surface area contributed by atoms with Crippen LogP contribution in [0.3, 0.4) is 0 Å². The first kappa shape index (κ1) is 16.2. The molecule has 0 fully saturated rings. The molecule has 0 radical (unpaired) electrons. The van der Waals surface area contributed by atoms with Crippen molar-refractivity contribution in [3.05, 3.63) is 114 Å². The van der Waals surface area contributed by atoms with E-state index in [1.54, 1.807) is 0 Å². The van der Waals surface area contributed by atoms with E-state index in [-0.39, 0.29) is 0 Å². The average Bonchev–Trinajstić information content (AvgIpc) is 2.64. The zero-order valence-electron chi connectivity index (χ0n) is 13.9. The maximum absolute atomic E-state index is 2.46. The summed E-state index contributed by atoms with van der Waals surface area (Å²) in [6, 6.07) is 31.8. The van der Waals surface area contributed by atoms with Gasteiger partial charge in [0.25, 0.3) is 0 Å². The monoisotopic (exact) mass is 313 g/mol. The zero-order valence-corrected chi connectivity index (χ0v) is 13.9. The molecule has 3 aromatic rings. The van der Waals surface area contributed by atoms with Crippen LogP contribution in [-0.2, 0) is 13.1 Å². The first-order valence-corrected chi connectivity index (χ1v) is 8.42. The van der Waals surface area contributed by atoms with E-state index in [2.05, 4.69) is 108 Å². The van der Waals surface area contributed by atoms with Crippen LogP contribution < -0.4 is 0 Å². The number of benzene rings is 3. The van der Waals surface area contributed by atoms with Crippen LogP contribution in [0.15, 0.2) is 97.1 Å². The fourth-order valence-corrected chi connectivity index (χ4v) is 2.77. The highest BCUT2D eigenvalue weighted by Crippen LogP contribution is 2.11. The van der Waals surface area contributed by atoms with Crippen LogP contribution >= 0.6 is 0 Å². The first-order valence-electron chi connectivity index (χ1n) is 8.42. The van der Waals surface area contributed by atoms with Crippen molar-refractivity contribution in [3.8, 4) is 0 Å². The highest BCUT2D eigenvalue weighted by atomic mass is 15.1. The van der Waals surface area contributed by atoms with Crippen LogP contribution in [0.5, 0.6) is 0 Å². The highest BCUT2D eigenvalue weighted by molar-refractivity contribution is 5.48. The molecular formula is C23H23N. The number of hydrogen-bond acceptors (Lipinski definition) is 1. The van der Waals surface area contributed by atoms with Crippen LogP contribution in [0.2, 0.25) is 0 Å². The molecule has 0 saturated heterocycles. The van der Waals surface area contributed by atoms with Crippen molar-refractivity contribution < 1.29 is 0 Å². The Labute approximate surface area is 144 Å². The molecule has 0 saturated carbocycles. The van der Waals surface area contributed by atoms with Crippen molar-refractivity contribution in [1.29, 1.82) is 0 Å². The lowest BCUT2D eigenvalue weighted by atomic mass is 10.1. The van der Waals surface area contributed by atoms with Crippen molar-refractivity contribution in [3.63, 3.8) is 0 Å². The number of rotatable bonds is 7. The third-order valence-corrected chi connectivity index (χ3v) is 3.97. The number of hydrogen-bond donors (Lipinski definition) is 0. The SMILES string of the molecule is C(=C\c1ccccc1)/CN(Cc1ccccc1)Cc1ccccc1. The van der Waals surface area contributed by atoms with Gasteiger partial charge in [-0.05, 0) is 16.7 Å². The molecule has 0 heterocycles. The Morgan fingerprint density at radius 2 is 1.04 bits per heavy atom. The molecule has 0 N–H and O–H groups in total. The topological polar surface area (TPSA) is 3.24 Å². The van der Waals surface area contributed by atoms with E-state index in [0.717, 1.165) is 19.6 Å². The first-order chi connectivity index (χ1) is 11.9. The van der Waals surface area contributed by atoms with Gasteiger partial charge >= 0.3 is 0 Å². The normalized spacial score (nSPS) is 11.2. The van der Waals surface area contributed by atoms with Crippen LogP contribution in [0.4, 0.5) is 0 Å². The van der Waals surface area contributed by atoms with Gasteiger partial charge in [0, 0.05) is 19.6 Å². The van der Waals surface area contributed by atoms with Gasteiger partial charge in [0.15, 0.2) is 0 Å². The van der Waals surface area contributed by atoms with Crippen LogP contribution in [0.1, 0.15) is 16.7 Å². The van der Waals surface area contributed by atoms with Crippen molar-refractivity contribution in [2.24, 2.45) is 0 Å². The molecule has 0 amide bonds. The Balaban J connectivity index is 1.68. The van der Waals surface area contributed by atoms with Gasteiger partial charge in [-0.15, -0.1) is 0 Å². The second kappa shape index (κ2) is 8.85. The molecule has 3 rings (SSSR count). The summed E-state index contributed by atoms with van der Waals surface area (Å²) in [7, 11) is 0. The molecule has 0 bridgehead atoms. The van der Waals surface area contributed by atoms with Gasteiger partial charge in [-0.2, -0.15) is 0 Å². The summed E-state index contributed by atoms with van der Waals surface area (Å²) in [4.78, 5) is 2.46. The van der Waals surface area contributed by atoms with Gasteiger partial charge in [-0.25, -0.2) is 0 Å². The van der Waals surface area contributed by atoms with Gasteiger partial charge in [-0.1, -0.05) is 103 Å². The van der Waals surface area contributed by atoms with Gasteiger partial charge < -0.3 is 0 Å². The van der Waals surface area contributed by atoms with Gasteiger partial charge in [-0.3, -0.25) is 4.90 Å². The molecule has 24 heavy (non-hydrogen) atoms. The van der Waals surface area contributed by atoms with Crippen molar-refractivity contribution in [2.75, 3.05) is 6.54 Å². The maximum Gasteiger partial charge on any atom is 0.0240 e.